The second-order valence-corrected chi connectivity index (χ2v) is 6.14. The average molecular weight is 329 g/mol. The van der Waals surface area contributed by atoms with Gasteiger partial charge in [-0.25, -0.2) is 4.79 Å². The van der Waals surface area contributed by atoms with Crippen LogP contribution in [0.2, 0.25) is 5.02 Å². The van der Waals surface area contributed by atoms with Crippen LogP contribution >= 0.6 is 23.4 Å². The predicted molar refractivity (Wildman–Crippen MR) is 84.6 cm³/mol. The van der Waals surface area contributed by atoms with Crippen molar-refractivity contribution in [1.29, 1.82) is 0 Å². The highest BCUT2D eigenvalue weighted by molar-refractivity contribution is 7.99. The Kier molecular flexibility index (Phi) is 5.36. The summed E-state index contributed by atoms with van der Waals surface area (Å²) in [5.41, 5.74) is 6.48. The van der Waals surface area contributed by atoms with E-state index in [0.29, 0.717) is 35.2 Å². The standard InChI is InChI=1S/C14H17ClN2O3S/c1-2-20-14(19)12-8-21-6-5-17(12)13(18)10-4-3-9(16)7-11(10)15/h3-4,7,12H,2,5-6,8,16H2,1H3. The lowest BCUT2D eigenvalue weighted by Gasteiger charge is -2.33. The number of rotatable bonds is 3. The predicted octanol–water partition coefficient (Wildman–Crippen LogP) is 2.04. The van der Waals surface area contributed by atoms with Crippen LogP contribution in [0.1, 0.15) is 17.3 Å². The van der Waals surface area contributed by atoms with Gasteiger partial charge in [-0.15, -0.1) is 0 Å². The Bertz CT molecular complexity index is 553. The topological polar surface area (TPSA) is 72.6 Å². The molecule has 0 aromatic heterocycles. The summed E-state index contributed by atoms with van der Waals surface area (Å²) in [5.74, 6) is 0.689. The Morgan fingerprint density at radius 2 is 2.29 bits per heavy atom. The number of nitrogens with zero attached hydrogens (tertiary/aromatic N) is 1. The van der Waals surface area contributed by atoms with E-state index < -0.39 is 6.04 Å². The van der Waals surface area contributed by atoms with Crippen LogP contribution in [-0.4, -0.2) is 47.5 Å². The van der Waals surface area contributed by atoms with Gasteiger partial charge in [0.25, 0.3) is 5.91 Å². The smallest absolute Gasteiger partial charge is 0.329 e. The lowest BCUT2D eigenvalue weighted by molar-refractivity contribution is -0.147. The zero-order valence-electron chi connectivity index (χ0n) is 11.7. The second-order valence-electron chi connectivity index (χ2n) is 4.58. The molecule has 0 aliphatic carbocycles. The molecule has 0 saturated carbocycles. The molecule has 114 valence electrons. The van der Waals surface area contributed by atoms with E-state index in [9.17, 15) is 9.59 Å². The summed E-state index contributed by atoms with van der Waals surface area (Å²) in [5, 5.41) is 0.292. The molecule has 1 aromatic carbocycles. The van der Waals surface area contributed by atoms with Crippen molar-refractivity contribution in [1.82, 2.24) is 4.90 Å². The second kappa shape index (κ2) is 7.04. The van der Waals surface area contributed by atoms with Crippen LogP contribution in [0.4, 0.5) is 5.69 Å². The summed E-state index contributed by atoms with van der Waals surface area (Å²) in [6.07, 6.45) is 0. The van der Waals surface area contributed by atoms with Crippen molar-refractivity contribution >= 4 is 40.9 Å². The molecular formula is C14H17ClN2O3S. The van der Waals surface area contributed by atoms with Gasteiger partial charge in [0, 0.05) is 23.7 Å². The minimum absolute atomic E-state index is 0.265. The van der Waals surface area contributed by atoms with Crippen LogP contribution in [0, 0.1) is 0 Å². The van der Waals surface area contributed by atoms with E-state index in [0.717, 1.165) is 5.75 Å². The van der Waals surface area contributed by atoms with Gasteiger partial charge in [0.1, 0.15) is 6.04 Å². The Labute approximate surface area is 132 Å². The third kappa shape index (κ3) is 3.63. The number of ether oxygens (including phenoxy) is 1. The first kappa shape index (κ1) is 16.0. The number of thioether (sulfide) groups is 1. The molecule has 1 fully saturated rings. The van der Waals surface area contributed by atoms with Gasteiger partial charge in [-0.3, -0.25) is 4.79 Å². The first-order valence-electron chi connectivity index (χ1n) is 6.65. The maximum absolute atomic E-state index is 12.6. The number of carbonyl (C=O) groups is 2. The van der Waals surface area contributed by atoms with Crippen LogP contribution in [0.5, 0.6) is 0 Å². The fourth-order valence-corrected chi connectivity index (χ4v) is 3.44. The van der Waals surface area contributed by atoms with E-state index in [1.807, 2.05) is 0 Å². The molecular weight excluding hydrogens is 312 g/mol. The molecule has 1 saturated heterocycles. The monoisotopic (exact) mass is 328 g/mol. The molecule has 1 unspecified atom stereocenters. The van der Waals surface area contributed by atoms with E-state index in [1.54, 1.807) is 30.8 Å². The molecule has 1 aliphatic rings. The molecule has 7 heteroatoms. The van der Waals surface area contributed by atoms with Gasteiger partial charge in [-0.2, -0.15) is 11.8 Å². The molecule has 1 heterocycles. The minimum atomic E-state index is -0.565. The lowest BCUT2D eigenvalue weighted by atomic mass is 10.1. The number of anilines is 1. The van der Waals surface area contributed by atoms with Gasteiger partial charge in [-0.1, -0.05) is 11.6 Å². The molecule has 2 N–H and O–H groups in total. The third-order valence-electron chi connectivity index (χ3n) is 3.17. The summed E-state index contributed by atoms with van der Waals surface area (Å²) in [4.78, 5) is 26.2. The normalized spacial score (nSPS) is 18.4. The molecule has 0 bridgehead atoms. The maximum atomic E-state index is 12.6. The number of amides is 1. The molecule has 1 amide bonds. The van der Waals surface area contributed by atoms with E-state index in [-0.39, 0.29) is 11.9 Å². The highest BCUT2D eigenvalue weighted by atomic mass is 35.5. The maximum Gasteiger partial charge on any atom is 0.329 e. The Balaban J connectivity index is 2.24. The van der Waals surface area contributed by atoms with Crippen LogP contribution in [0.15, 0.2) is 18.2 Å². The quantitative estimate of drug-likeness (QED) is 0.679. The summed E-state index contributed by atoms with van der Waals surface area (Å²) in [6.45, 7) is 2.54. The SMILES string of the molecule is CCOC(=O)C1CSCCN1C(=O)c1ccc(N)cc1Cl. The molecule has 1 atom stereocenters. The van der Waals surface area contributed by atoms with Gasteiger partial charge in [0.05, 0.1) is 17.2 Å². The van der Waals surface area contributed by atoms with Crippen molar-refractivity contribution in [2.75, 3.05) is 30.4 Å². The largest absolute Gasteiger partial charge is 0.464 e. The number of nitrogen functional groups attached to an aromatic ring is 1. The molecule has 1 aromatic rings. The molecule has 2 rings (SSSR count). The molecule has 0 radical (unpaired) electrons. The molecule has 0 spiro atoms. The summed E-state index contributed by atoms with van der Waals surface area (Å²) < 4.78 is 5.05. The van der Waals surface area contributed by atoms with E-state index in [1.165, 1.54) is 11.0 Å². The van der Waals surface area contributed by atoms with Crippen LogP contribution in [0.25, 0.3) is 0 Å². The number of carbonyl (C=O) groups excluding carboxylic acids is 2. The Hall–Kier alpha value is -1.40. The van der Waals surface area contributed by atoms with Crippen molar-refractivity contribution in [3.05, 3.63) is 28.8 Å². The summed E-state index contributed by atoms with van der Waals surface area (Å²) in [7, 11) is 0. The van der Waals surface area contributed by atoms with Crippen LogP contribution < -0.4 is 5.73 Å². The van der Waals surface area contributed by atoms with Gasteiger partial charge in [0.2, 0.25) is 0 Å². The number of hydrogen-bond donors (Lipinski definition) is 1. The van der Waals surface area contributed by atoms with Crippen LogP contribution in [-0.2, 0) is 9.53 Å². The first-order chi connectivity index (χ1) is 10.0. The van der Waals surface area contributed by atoms with Crippen molar-refractivity contribution < 1.29 is 14.3 Å². The average Bonchev–Trinajstić information content (AvgIpc) is 2.47. The summed E-state index contributed by atoms with van der Waals surface area (Å²) >= 11 is 7.72. The van der Waals surface area contributed by atoms with Crippen molar-refractivity contribution in [3.8, 4) is 0 Å². The van der Waals surface area contributed by atoms with E-state index in [2.05, 4.69) is 0 Å². The zero-order valence-corrected chi connectivity index (χ0v) is 13.2. The Morgan fingerprint density at radius 3 is 2.95 bits per heavy atom. The molecule has 21 heavy (non-hydrogen) atoms. The number of esters is 1. The van der Waals surface area contributed by atoms with Crippen LogP contribution in [0.3, 0.4) is 0 Å². The number of nitrogens with two attached hydrogens (primary N) is 1. The van der Waals surface area contributed by atoms with Crippen molar-refractivity contribution in [3.63, 3.8) is 0 Å². The van der Waals surface area contributed by atoms with E-state index >= 15 is 0 Å². The fraction of sp³-hybridized carbons (Fsp3) is 0.429. The fourth-order valence-electron chi connectivity index (χ4n) is 2.14. The number of benzene rings is 1. The van der Waals surface area contributed by atoms with Crippen molar-refractivity contribution in [2.45, 2.75) is 13.0 Å². The highest BCUT2D eigenvalue weighted by Gasteiger charge is 2.34. The molecule has 5 nitrogen and oxygen atoms in total. The number of halogens is 1. The zero-order chi connectivity index (χ0) is 15.4. The summed E-state index contributed by atoms with van der Waals surface area (Å²) in [6, 6.07) is 4.18. The number of hydrogen-bond acceptors (Lipinski definition) is 5. The molecule has 1 aliphatic heterocycles. The van der Waals surface area contributed by atoms with Gasteiger partial charge in [0.15, 0.2) is 0 Å². The van der Waals surface area contributed by atoms with Gasteiger partial charge in [-0.05, 0) is 25.1 Å². The first-order valence-corrected chi connectivity index (χ1v) is 8.18. The van der Waals surface area contributed by atoms with Gasteiger partial charge < -0.3 is 15.4 Å². The minimum Gasteiger partial charge on any atom is -0.464 e. The third-order valence-corrected chi connectivity index (χ3v) is 4.51. The van der Waals surface area contributed by atoms with E-state index in [4.69, 9.17) is 22.1 Å². The van der Waals surface area contributed by atoms with Gasteiger partial charge >= 0.3 is 5.97 Å². The van der Waals surface area contributed by atoms with Crippen molar-refractivity contribution in [2.24, 2.45) is 0 Å². The highest BCUT2D eigenvalue weighted by Crippen LogP contribution is 2.25. The lowest BCUT2D eigenvalue weighted by Crippen LogP contribution is -2.51. The Morgan fingerprint density at radius 1 is 1.52 bits per heavy atom.